The number of halogens is 1. The van der Waals surface area contributed by atoms with E-state index in [-0.39, 0.29) is 0 Å². The molecule has 0 aliphatic rings. The normalized spacial score (nSPS) is 10.9. The van der Waals surface area contributed by atoms with Gasteiger partial charge in [-0.15, -0.1) is 0 Å². The van der Waals surface area contributed by atoms with E-state index >= 15 is 0 Å². The van der Waals surface area contributed by atoms with Crippen LogP contribution >= 0.6 is 11.6 Å². The Morgan fingerprint density at radius 1 is 1.20 bits per heavy atom. The molecule has 20 heavy (non-hydrogen) atoms. The Balaban J connectivity index is 2.02. The maximum Gasteiger partial charge on any atom is 0.147 e. The quantitative estimate of drug-likeness (QED) is 0.741. The lowest BCUT2D eigenvalue weighted by molar-refractivity contribution is 0.415. The first-order valence-electron chi connectivity index (χ1n) is 6.27. The van der Waals surface area contributed by atoms with Crippen LogP contribution in [0.25, 0.3) is 10.9 Å². The number of aromatic nitrogens is 3. The van der Waals surface area contributed by atoms with Crippen molar-refractivity contribution in [2.24, 2.45) is 0 Å². The molecular formula is C15H14ClN3O. The van der Waals surface area contributed by atoms with E-state index in [2.05, 4.69) is 33.6 Å². The summed E-state index contributed by atoms with van der Waals surface area (Å²) in [6, 6.07) is 8.20. The van der Waals surface area contributed by atoms with Gasteiger partial charge in [0.05, 0.1) is 31.7 Å². The van der Waals surface area contributed by atoms with Gasteiger partial charge in [-0.1, -0.05) is 11.6 Å². The van der Waals surface area contributed by atoms with E-state index in [1.54, 1.807) is 19.5 Å². The second kappa shape index (κ2) is 5.13. The number of aryl methyl sites for hydroxylation is 1. The average Bonchev–Trinajstić information content (AvgIpc) is 2.76. The number of fused-ring (bicyclic) bond motifs is 1. The van der Waals surface area contributed by atoms with E-state index in [0.29, 0.717) is 11.7 Å². The SMILES string of the molecule is COc1ccc2c(c1)cc(C)n2Cc1cnc(Cl)cn1. The summed E-state index contributed by atoms with van der Waals surface area (Å²) in [4.78, 5) is 8.36. The molecule has 2 heterocycles. The van der Waals surface area contributed by atoms with Crippen LogP contribution in [0, 0.1) is 6.92 Å². The van der Waals surface area contributed by atoms with Gasteiger partial charge in [0.1, 0.15) is 10.9 Å². The van der Waals surface area contributed by atoms with Crippen LogP contribution in [-0.4, -0.2) is 21.6 Å². The van der Waals surface area contributed by atoms with Crippen LogP contribution in [0.3, 0.4) is 0 Å². The van der Waals surface area contributed by atoms with Gasteiger partial charge in [0.25, 0.3) is 0 Å². The molecule has 0 aliphatic carbocycles. The summed E-state index contributed by atoms with van der Waals surface area (Å²) in [7, 11) is 1.67. The summed E-state index contributed by atoms with van der Waals surface area (Å²) in [6.07, 6.45) is 3.28. The summed E-state index contributed by atoms with van der Waals surface area (Å²) in [6.45, 7) is 2.75. The zero-order valence-electron chi connectivity index (χ0n) is 11.3. The number of hydrogen-bond acceptors (Lipinski definition) is 3. The van der Waals surface area contributed by atoms with Gasteiger partial charge in [0, 0.05) is 16.6 Å². The number of methoxy groups -OCH3 is 1. The van der Waals surface area contributed by atoms with Crippen LogP contribution in [0.15, 0.2) is 36.7 Å². The molecule has 102 valence electrons. The van der Waals surface area contributed by atoms with E-state index in [1.165, 1.54) is 5.69 Å². The standard InChI is InChI=1S/C15H14ClN3O/c1-10-5-11-6-13(20-2)3-4-14(11)19(10)9-12-7-18-15(16)8-17-12/h3-8H,9H2,1-2H3. The van der Waals surface area contributed by atoms with Crippen LogP contribution in [0.4, 0.5) is 0 Å². The number of benzene rings is 1. The molecule has 0 unspecified atom stereocenters. The first-order chi connectivity index (χ1) is 9.67. The lowest BCUT2D eigenvalue weighted by atomic mass is 10.2. The lowest BCUT2D eigenvalue weighted by Crippen LogP contribution is -2.03. The molecule has 0 spiro atoms. The fourth-order valence-electron chi connectivity index (χ4n) is 2.31. The van der Waals surface area contributed by atoms with Crippen LogP contribution in [0.2, 0.25) is 5.15 Å². The smallest absolute Gasteiger partial charge is 0.147 e. The van der Waals surface area contributed by atoms with Crippen molar-refractivity contribution in [3.05, 3.63) is 53.2 Å². The molecule has 0 saturated heterocycles. The topological polar surface area (TPSA) is 39.9 Å². The highest BCUT2D eigenvalue weighted by atomic mass is 35.5. The lowest BCUT2D eigenvalue weighted by Gasteiger charge is -2.08. The van der Waals surface area contributed by atoms with Crippen molar-refractivity contribution in [3.63, 3.8) is 0 Å². The minimum Gasteiger partial charge on any atom is -0.497 e. The van der Waals surface area contributed by atoms with Crippen molar-refractivity contribution in [1.82, 2.24) is 14.5 Å². The second-order valence-corrected chi connectivity index (χ2v) is 5.01. The average molecular weight is 288 g/mol. The van der Waals surface area contributed by atoms with Gasteiger partial charge in [-0.05, 0) is 31.2 Å². The first kappa shape index (κ1) is 12.9. The molecule has 0 N–H and O–H groups in total. The van der Waals surface area contributed by atoms with Gasteiger partial charge in [-0.25, -0.2) is 4.98 Å². The molecule has 0 fully saturated rings. The molecular weight excluding hydrogens is 274 g/mol. The van der Waals surface area contributed by atoms with E-state index in [1.807, 2.05) is 12.1 Å². The molecule has 0 aliphatic heterocycles. The zero-order valence-corrected chi connectivity index (χ0v) is 12.1. The van der Waals surface area contributed by atoms with Crippen LogP contribution in [0.5, 0.6) is 5.75 Å². The molecule has 0 atom stereocenters. The Morgan fingerprint density at radius 3 is 2.75 bits per heavy atom. The molecule has 1 aromatic carbocycles. The Morgan fingerprint density at radius 2 is 2.05 bits per heavy atom. The predicted octanol–water partition coefficient (Wildman–Crippen LogP) is 3.45. The number of rotatable bonds is 3. The van der Waals surface area contributed by atoms with Gasteiger partial charge in [-0.2, -0.15) is 0 Å². The largest absolute Gasteiger partial charge is 0.497 e. The molecule has 0 amide bonds. The minimum absolute atomic E-state index is 0.410. The fourth-order valence-corrected chi connectivity index (χ4v) is 2.40. The van der Waals surface area contributed by atoms with Crippen molar-refractivity contribution >= 4 is 22.5 Å². The maximum absolute atomic E-state index is 5.76. The number of hydrogen-bond donors (Lipinski definition) is 0. The predicted molar refractivity (Wildman–Crippen MR) is 79.4 cm³/mol. The summed E-state index contributed by atoms with van der Waals surface area (Å²) in [5, 5.41) is 1.57. The summed E-state index contributed by atoms with van der Waals surface area (Å²) in [5.41, 5.74) is 3.20. The fraction of sp³-hybridized carbons (Fsp3) is 0.200. The van der Waals surface area contributed by atoms with Gasteiger partial charge in [0.2, 0.25) is 0 Å². The minimum atomic E-state index is 0.410. The Hall–Kier alpha value is -2.07. The number of ether oxygens (including phenoxy) is 1. The third-order valence-corrected chi connectivity index (χ3v) is 3.50. The monoisotopic (exact) mass is 287 g/mol. The maximum atomic E-state index is 5.76. The molecule has 3 aromatic rings. The Labute approximate surface area is 122 Å². The van der Waals surface area contributed by atoms with Gasteiger partial charge in [-0.3, -0.25) is 4.98 Å². The molecule has 0 saturated carbocycles. The van der Waals surface area contributed by atoms with E-state index in [4.69, 9.17) is 16.3 Å². The van der Waals surface area contributed by atoms with Crippen LogP contribution in [0.1, 0.15) is 11.4 Å². The summed E-state index contributed by atoms with van der Waals surface area (Å²) < 4.78 is 7.46. The van der Waals surface area contributed by atoms with Crippen molar-refractivity contribution < 1.29 is 4.74 Å². The highest BCUT2D eigenvalue weighted by Crippen LogP contribution is 2.24. The van der Waals surface area contributed by atoms with E-state index in [0.717, 1.165) is 22.3 Å². The molecule has 3 rings (SSSR count). The van der Waals surface area contributed by atoms with Gasteiger partial charge >= 0.3 is 0 Å². The molecule has 0 radical (unpaired) electrons. The zero-order chi connectivity index (χ0) is 14.1. The third kappa shape index (κ3) is 2.34. The van der Waals surface area contributed by atoms with Gasteiger partial charge in [0.15, 0.2) is 0 Å². The van der Waals surface area contributed by atoms with Gasteiger partial charge < -0.3 is 9.30 Å². The Bertz CT molecular complexity index is 750. The highest BCUT2D eigenvalue weighted by molar-refractivity contribution is 6.29. The third-order valence-electron chi connectivity index (χ3n) is 3.31. The highest BCUT2D eigenvalue weighted by Gasteiger charge is 2.08. The first-order valence-corrected chi connectivity index (χ1v) is 6.65. The van der Waals surface area contributed by atoms with Crippen molar-refractivity contribution in [1.29, 1.82) is 0 Å². The Kier molecular flexibility index (Phi) is 3.32. The molecule has 0 bridgehead atoms. The van der Waals surface area contributed by atoms with Crippen LogP contribution < -0.4 is 4.74 Å². The summed E-state index contributed by atoms with van der Waals surface area (Å²) >= 11 is 5.76. The second-order valence-electron chi connectivity index (χ2n) is 4.63. The summed E-state index contributed by atoms with van der Waals surface area (Å²) in [5.74, 6) is 0.862. The van der Waals surface area contributed by atoms with Crippen molar-refractivity contribution in [2.45, 2.75) is 13.5 Å². The molecule has 5 heteroatoms. The molecule has 2 aromatic heterocycles. The van der Waals surface area contributed by atoms with Crippen LogP contribution in [-0.2, 0) is 6.54 Å². The van der Waals surface area contributed by atoms with Crippen molar-refractivity contribution in [2.75, 3.05) is 7.11 Å². The number of nitrogens with zero attached hydrogens (tertiary/aromatic N) is 3. The van der Waals surface area contributed by atoms with E-state index < -0.39 is 0 Å². The van der Waals surface area contributed by atoms with E-state index in [9.17, 15) is 0 Å². The van der Waals surface area contributed by atoms with Crippen molar-refractivity contribution in [3.8, 4) is 5.75 Å². The molecule has 4 nitrogen and oxygen atoms in total.